The molecule has 0 spiro atoms. The predicted molar refractivity (Wildman–Crippen MR) is 95.1 cm³/mol. The van der Waals surface area contributed by atoms with Crippen molar-refractivity contribution in [1.82, 2.24) is 10.3 Å². The van der Waals surface area contributed by atoms with E-state index in [0.29, 0.717) is 11.4 Å². The lowest BCUT2D eigenvalue weighted by atomic mass is 10.0. The second-order valence-electron chi connectivity index (χ2n) is 4.92. The van der Waals surface area contributed by atoms with E-state index in [2.05, 4.69) is 31.4 Å². The summed E-state index contributed by atoms with van der Waals surface area (Å²) >= 11 is 3.37. The van der Waals surface area contributed by atoms with Gasteiger partial charge in [0, 0.05) is 28.8 Å². The number of hydrogen-bond acceptors (Lipinski definition) is 5. The molecule has 1 heterocycles. The quantitative estimate of drug-likeness (QED) is 0.606. The second kappa shape index (κ2) is 8.44. The summed E-state index contributed by atoms with van der Waals surface area (Å²) in [7, 11) is 2.94. The van der Waals surface area contributed by atoms with Gasteiger partial charge in [-0.1, -0.05) is 29.4 Å². The Kier molecular flexibility index (Phi) is 6.31. The molecule has 0 aliphatic rings. The zero-order chi connectivity index (χ0) is 17.5. The van der Waals surface area contributed by atoms with E-state index < -0.39 is 0 Å². The first-order valence-electron chi connectivity index (χ1n) is 7.23. The van der Waals surface area contributed by atoms with E-state index in [4.69, 9.17) is 9.57 Å². The molecule has 24 heavy (non-hydrogen) atoms. The molecular formula is C17H18BrN3O3. The number of benzene rings is 1. The van der Waals surface area contributed by atoms with Crippen molar-refractivity contribution < 1.29 is 14.4 Å². The molecule has 6 nitrogen and oxygen atoms in total. The van der Waals surface area contributed by atoms with Crippen LogP contribution < -0.4 is 10.1 Å². The number of aromatic nitrogens is 1. The van der Waals surface area contributed by atoms with Crippen molar-refractivity contribution >= 4 is 27.5 Å². The van der Waals surface area contributed by atoms with E-state index >= 15 is 0 Å². The number of likely N-dealkylation sites (N-methyl/N-ethyl adjacent to an activating group) is 1. The number of aryl methyl sites for hydroxylation is 1. The first kappa shape index (κ1) is 17.9. The molecule has 0 radical (unpaired) electrons. The van der Waals surface area contributed by atoms with Gasteiger partial charge in [-0.05, 0) is 34.5 Å². The average Bonchev–Trinajstić information content (AvgIpc) is 2.59. The third-order valence-electron chi connectivity index (χ3n) is 3.26. The molecule has 0 fully saturated rings. The fourth-order valence-electron chi connectivity index (χ4n) is 2.12. The summed E-state index contributed by atoms with van der Waals surface area (Å²) in [5, 5.41) is 6.39. The Labute approximate surface area is 149 Å². The summed E-state index contributed by atoms with van der Waals surface area (Å²) in [6, 6.07) is 9.30. The molecule has 0 aliphatic carbocycles. The lowest BCUT2D eigenvalue weighted by Gasteiger charge is -2.12. The maximum Gasteiger partial charge on any atom is 0.273 e. The molecule has 0 saturated heterocycles. The van der Waals surface area contributed by atoms with Gasteiger partial charge in [0.15, 0.2) is 5.71 Å². The number of halogens is 1. The Morgan fingerprint density at radius 3 is 2.79 bits per heavy atom. The molecule has 0 unspecified atom stereocenters. The van der Waals surface area contributed by atoms with E-state index in [1.165, 1.54) is 7.11 Å². The van der Waals surface area contributed by atoms with Crippen LogP contribution in [-0.2, 0) is 16.2 Å². The minimum Gasteiger partial charge on any atom is -0.473 e. The van der Waals surface area contributed by atoms with Gasteiger partial charge >= 0.3 is 0 Å². The van der Waals surface area contributed by atoms with Gasteiger partial charge in [-0.15, -0.1) is 0 Å². The SMILES string of the molecule is CNC(=O)C(=NOC)c1ccccc1COc1ncc(Br)cc1C. The Morgan fingerprint density at radius 2 is 2.12 bits per heavy atom. The van der Waals surface area contributed by atoms with Crippen molar-refractivity contribution in [1.29, 1.82) is 0 Å². The Bertz CT molecular complexity index is 762. The smallest absolute Gasteiger partial charge is 0.273 e. The lowest BCUT2D eigenvalue weighted by Crippen LogP contribution is -2.29. The zero-order valence-electron chi connectivity index (χ0n) is 13.7. The zero-order valence-corrected chi connectivity index (χ0v) is 15.3. The van der Waals surface area contributed by atoms with Crippen molar-refractivity contribution in [2.75, 3.05) is 14.2 Å². The van der Waals surface area contributed by atoms with Crippen LogP contribution in [0.3, 0.4) is 0 Å². The van der Waals surface area contributed by atoms with Crippen molar-refractivity contribution in [3.8, 4) is 5.88 Å². The van der Waals surface area contributed by atoms with Crippen LogP contribution in [0, 0.1) is 6.92 Å². The highest BCUT2D eigenvalue weighted by Gasteiger charge is 2.17. The number of pyridine rings is 1. The Hall–Kier alpha value is -2.41. The average molecular weight is 392 g/mol. The number of amides is 1. The van der Waals surface area contributed by atoms with Crippen LogP contribution in [0.4, 0.5) is 0 Å². The van der Waals surface area contributed by atoms with E-state index in [-0.39, 0.29) is 18.2 Å². The highest BCUT2D eigenvalue weighted by atomic mass is 79.9. The van der Waals surface area contributed by atoms with Crippen LogP contribution in [0.2, 0.25) is 0 Å². The predicted octanol–water partition coefficient (Wildman–Crippen LogP) is 2.83. The number of nitrogens with one attached hydrogen (secondary N) is 1. The van der Waals surface area contributed by atoms with E-state index in [1.807, 2.05) is 31.2 Å². The summed E-state index contributed by atoms with van der Waals surface area (Å²) in [6.07, 6.45) is 1.68. The molecule has 0 aliphatic heterocycles. The molecule has 126 valence electrons. The van der Waals surface area contributed by atoms with Gasteiger partial charge in [-0.2, -0.15) is 0 Å². The molecular weight excluding hydrogens is 374 g/mol. The molecule has 2 rings (SSSR count). The van der Waals surface area contributed by atoms with Crippen LogP contribution in [0.25, 0.3) is 0 Å². The van der Waals surface area contributed by atoms with Gasteiger partial charge in [0.2, 0.25) is 5.88 Å². The normalized spacial score (nSPS) is 11.1. The fraction of sp³-hybridized carbons (Fsp3) is 0.235. The molecule has 2 aromatic rings. The topological polar surface area (TPSA) is 72.8 Å². The summed E-state index contributed by atoms with van der Waals surface area (Å²) < 4.78 is 6.69. The highest BCUT2D eigenvalue weighted by molar-refractivity contribution is 9.10. The first-order valence-corrected chi connectivity index (χ1v) is 8.02. The maximum atomic E-state index is 12.0. The van der Waals surface area contributed by atoms with Crippen LogP contribution in [-0.4, -0.2) is 30.8 Å². The first-order chi connectivity index (χ1) is 11.6. The summed E-state index contributed by atoms with van der Waals surface area (Å²) in [5.41, 5.74) is 2.56. The summed E-state index contributed by atoms with van der Waals surface area (Å²) in [6.45, 7) is 2.17. The number of oxime groups is 1. The van der Waals surface area contributed by atoms with Crippen molar-refractivity contribution in [2.45, 2.75) is 13.5 Å². The Balaban J connectivity index is 2.28. The second-order valence-corrected chi connectivity index (χ2v) is 5.84. The summed E-state index contributed by atoms with van der Waals surface area (Å²) in [4.78, 5) is 21.1. The lowest BCUT2D eigenvalue weighted by molar-refractivity contribution is -0.114. The van der Waals surface area contributed by atoms with Crippen molar-refractivity contribution in [2.24, 2.45) is 5.16 Å². The van der Waals surface area contributed by atoms with Crippen molar-refractivity contribution in [3.63, 3.8) is 0 Å². The van der Waals surface area contributed by atoms with Crippen LogP contribution in [0.15, 0.2) is 46.2 Å². The van der Waals surface area contributed by atoms with E-state index in [1.54, 1.807) is 19.3 Å². The van der Waals surface area contributed by atoms with Gasteiger partial charge in [0.1, 0.15) is 13.7 Å². The summed E-state index contributed by atoms with van der Waals surface area (Å²) in [5.74, 6) is 0.209. The third-order valence-corrected chi connectivity index (χ3v) is 3.69. The molecule has 1 amide bonds. The monoisotopic (exact) mass is 391 g/mol. The number of nitrogens with zero attached hydrogens (tertiary/aromatic N) is 2. The minimum atomic E-state index is -0.331. The van der Waals surface area contributed by atoms with Crippen LogP contribution in [0.5, 0.6) is 5.88 Å². The van der Waals surface area contributed by atoms with Gasteiger partial charge in [-0.25, -0.2) is 4.98 Å². The molecule has 1 aromatic heterocycles. The number of hydrogen-bond donors (Lipinski definition) is 1. The molecule has 0 atom stereocenters. The molecule has 1 aromatic carbocycles. The van der Waals surface area contributed by atoms with Gasteiger partial charge in [0.25, 0.3) is 5.91 Å². The number of carbonyl (C=O) groups excluding carboxylic acids is 1. The van der Waals surface area contributed by atoms with Crippen LogP contribution >= 0.6 is 15.9 Å². The third kappa shape index (κ3) is 4.32. The number of ether oxygens (including phenoxy) is 1. The molecule has 7 heteroatoms. The van der Waals surface area contributed by atoms with Gasteiger partial charge in [-0.3, -0.25) is 4.79 Å². The molecule has 0 saturated carbocycles. The van der Waals surface area contributed by atoms with Crippen LogP contribution in [0.1, 0.15) is 16.7 Å². The van der Waals surface area contributed by atoms with Crippen molar-refractivity contribution in [3.05, 3.63) is 57.7 Å². The largest absolute Gasteiger partial charge is 0.473 e. The highest BCUT2D eigenvalue weighted by Crippen LogP contribution is 2.21. The number of carbonyl (C=O) groups is 1. The van der Waals surface area contributed by atoms with E-state index in [9.17, 15) is 4.79 Å². The minimum absolute atomic E-state index is 0.194. The van der Waals surface area contributed by atoms with Gasteiger partial charge in [0.05, 0.1) is 0 Å². The van der Waals surface area contributed by atoms with E-state index in [0.717, 1.165) is 15.6 Å². The standard InChI is InChI=1S/C17H18BrN3O3/c1-11-8-13(18)9-20-17(11)24-10-12-6-4-5-7-14(12)15(21-23-3)16(22)19-2/h4-9H,10H2,1-3H3,(H,19,22). The maximum absolute atomic E-state index is 12.0. The molecule has 1 N–H and O–H groups in total. The Morgan fingerprint density at radius 1 is 1.38 bits per heavy atom. The number of rotatable bonds is 6. The van der Waals surface area contributed by atoms with Gasteiger partial charge < -0.3 is 14.9 Å². The molecule has 0 bridgehead atoms. The fourth-order valence-corrected chi connectivity index (χ4v) is 2.57.